The second kappa shape index (κ2) is 20.3. The summed E-state index contributed by atoms with van der Waals surface area (Å²) in [7, 11) is -7.20. The molecule has 450 valence electrons. The van der Waals surface area contributed by atoms with Crippen molar-refractivity contribution in [1.82, 2.24) is 9.13 Å². The highest BCUT2D eigenvalue weighted by Crippen LogP contribution is 2.61. The van der Waals surface area contributed by atoms with E-state index in [0.717, 1.165) is 127 Å². The number of benzene rings is 14. The van der Waals surface area contributed by atoms with Gasteiger partial charge in [-0.2, -0.15) is 0 Å². The van der Waals surface area contributed by atoms with E-state index < -0.39 is 35.6 Å². The van der Waals surface area contributed by atoms with Crippen molar-refractivity contribution in [1.29, 1.82) is 0 Å². The number of aromatic nitrogens is 2. The average Bonchev–Trinajstić information content (AvgIpc) is 1.67. The molecule has 0 saturated heterocycles. The fourth-order valence-corrected chi connectivity index (χ4v) is 21.2. The quantitative estimate of drug-likeness (QED) is 0.142. The topological polar surface area (TPSA) is 61.1 Å². The van der Waals surface area contributed by atoms with E-state index in [0.29, 0.717) is 20.9 Å². The molecule has 0 bridgehead atoms. The molecular weight excluding hydrogens is 1200 g/mol. The molecule has 0 N–H and O–H groups in total. The van der Waals surface area contributed by atoms with Gasteiger partial charge in [0.05, 0.1) is 48.1 Å². The number of para-hydroxylation sites is 2. The van der Waals surface area contributed by atoms with E-state index in [1.54, 1.807) is 6.07 Å². The maximum atomic E-state index is 16.2. The molecule has 0 amide bonds. The normalized spacial score (nSPS) is 16.5. The fourth-order valence-electron chi connectivity index (χ4n) is 17.4. The third-order valence-corrected chi connectivity index (χ3v) is 25.1. The van der Waals surface area contributed by atoms with Gasteiger partial charge in [-0.05, 0) is 133 Å². The summed E-state index contributed by atoms with van der Waals surface area (Å²) < 4.78 is 52.6. The van der Waals surface area contributed by atoms with Crippen LogP contribution in [0.3, 0.4) is 0 Å². The van der Waals surface area contributed by atoms with Gasteiger partial charge in [0.2, 0.25) is 9.84 Å². The second-order valence-corrected chi connectivity index (χ2v) is 29.6. The van der Waals surface area contributed by atoms with Gasteiger partial charge in [0.1, 0.15) is 0 Å². The number of fused-ring (bicyclic) bond motifs is 15. The van der Waals surface area contributed by atoms with Crippen LogP contribution in [0.2, 0.25) is 0 Å². The summed E-state index contributed by atoms with van der Waals surface area (Å²) in [6, 6.07) is 120. The van der Waals surface area contributed by atoms with Gasteiger partial charge in [-0.1, -0.05) is 279 Å². The molecular formula is C88H58N2O3S2. The first-order chi connectivity index (χ1) is 46.7. The number of hydrogen-bond donors (Lipinski definition) is 0. The Balaban J connectivity index is 0.929. The minimum atomic E-state index is -4.10. The standard InChI is InChI=1S/C88H58N2O3S2/c1-94(91)78-46-26-22-42-72(78)87(60-32-12-4-13-33-60,61-34-14-5-15-35-61)82-80(94)54-52-70-68-40-20-24-44-76(68)89(84(70)82)64-48-50-66-67-51-49-65(57-75(67)86(74(66)56-64,58-28-8-2-9-29-58)59-30-10-3-11-31-59)90-77-45-25-21-41-69(77)71-53-55-81-83(85(71)90)88(62-36-16-6-17-37-62,63-38-18-7-19-39-63)73-43-23-27-47-79(73)95(81,92)93/h2-57H,1H2. The van der Waals surface area contributed by atoms with Gasteiger partial charge < -0.3 is 9.13 Å². The summed E-state index contributed by atoms with van der Waals surface area (Å²) >= 11 is 0. The van der Waals surface area contributed by atoms with Crippen molar-refractivity contribution in [2.75, 3.05) is 0 Å². The Morgan fingerprint density at radius 2 is 0.589 bits per heavy atom. The number of sulfone groups is 1. The first-order valence-corrected chi connectivity index (χ1v) is 35.5. The predicted molar refractivity (Wildman–Crippen MR) is 386 cm³/mol. The molecule has 5 nitrogen and oxygen atoms in total. The Morgan fingerprint density at radius 3 is 1.01 bits per heavy atom. The molecule has 1 aliphatic carbocycles. The Bertz CT molecular complexity index is 5650. The summed E-state index contributed by atoms with van der Waals surface area (Å²) in [4.78, 5) is 2.02. The van der Waals surface area contributed by atoms with Crippen LogP contribution in [-0.4, -0.2) is 27.6 Å². The van der Waals surface area contributed by atoms with Crippen molar-refractivity contribution in [2.45, 2.75) is 35.8 Å². The van der Waals surface area contributed by atoms with Crippen LogP contribution in [0.15, 0.2) is 359 Å². The Morgan fingerprint density at radius 1 is 0.263 bits per heavy atom. The Kier molecular flexibility index (Phi) is 11.8. The average molecular weight is 1260 g/mol. The van der Waals surface area contributed by atoms with Crippen LogP contribution in [0.1, 0.15) is 66.8 Å². The minimum Gasteiger partial charge on any atom is -0.309 e. The maximum absolute atomic E-state index is 16.2. The van der Waals surface area contributed by atoms with E-state index in [1.807, 2.05) is 54.6 Å². The van der Waals surface area contributed by atoms with E-state index in [9.17, 15) is 0 Å². The van der Waals surface area contributed by atoms with Crippen LogP contribution in [0, 0.1) is 0 Å². The third kappa shape index (κ3) is 7.23. The van der Waals surface area contributed by atoms with Gasteiger partial charge in [-0.15, -0.1) is 0 Å². The van der Waals surface area contributed by atoms with Crippen LogP contribution >= 0.6 is 0 Å². The highest BCUT2D eigenvalue weighted by Gasteiger charge is 2.53. The van der Waals surface area contributed by atoms with Gasteiger partial charge in [0, 0.05) is 63.4 Å². The minimum absolute atomic E-state index is 0.280. The summed E-state index contributed by atoms with van der Waals surface area (Å²) in [5.74, 6) is 4.70. The summed E-state index contributed by atoms with van der Waals surface area (Å²) in [5.41, 5.74) is 16.6. The van der Waals surface area contributed by atoms with E-state index >= 15 is 12.6 Å². The van der Waals surface area contributed by atoms with E-state index in [4.69, 9.17) is 5.87 Å². The van der Waals surface area contributed by atoms with Gasteiger partial charge in [-0.25, -0.2) is 8.42 Å². The fraction of sp³-hybridized carbons (Fsp3) is 0.0341. The summed E-state index contributed by atoms with van der Waals surface area (Å²) in [6.45, 7) is 0. The zero-order chi connectivity index (χ0) is 63.4. The number of hydrogen-bond acceptors (Lipinski definition) is 3. The van der Waals surface area contributed by atoms with E-state index in [2.05, 4.69) is 288 Å². The molecule has 16 aromatic rings. The van der Waals surface area contributed by atoms with Crippen molar-refractivity contribution in [2.24, 2.45) is 0 Å². The Labute approximate surface area is 551 Å². The molecule has 14 aromatic carbocycles. The predicted octanol–water partition coefficient (Wildman–Crippen LogP) is 19.6. The third-order valence-electron chi connectivity index (χ3n) is 21.1. The lowest BCUT2D eigenvalue weighted by Gasteiger charge is -2.43. The molecule has 3 aliphatic rings. The smallest absolute Gasteiger partial charge is 0.207 e. The van der Waals surface area contributed by atoms with Crippen LogP contribution in [0.4, 0.5) is 0 Å². The van der Waals surface area contributed by atoms with Crippen LogP contribution in [0.5, 0.6) is 0 Å². The monoisotopic (exact) mass is 1250 g/mol. The van der Waals surface area contributed by atoms with Crippen molar-refractivity contribution in [3.63, 3.8) is 0 Å². The zero-order valence-electron chi connectivity index (χ0n) is 51.5. The van der Waals surface area contributed by atoms with Crippen LogP contribution in [-0.2, 0) is 35.6 Å². The lowest BCUT2D eigenvalue weighted by atomic mass is 9.64. The molecule has 0 fully saturated rings. The van der Waals surface area contributed by atoms with E-state index in [-0.39, 0.29) is 4.90 Å². The lowest BCUT2D eigenvalue weighted by molar-refractivity contribution is 0.579. The van der Waals surface area contributed by atoms with Crippen molar-refractivity contribution in [3.8, 4) is 22.5 Å². The number of nitrogens with zero attached hydrogens (tertiary/aromatic N) is 2. The van der Waals surface area contributed by atoms with Crippen molar-refractivity contribution in [3.05, 3.63) is 406 Å². The second-order valence-electron chi connectivity index (χ2n) is 25.5. The van der Waals surface area contributed by atoms with Crippen LogP contribution in [0.25, 0.3) is 66.1 Å². The SMILES string of the molecule is C=S1(=O)c2ccccc2C(c2ccccc2)(c2ccccc2)c2c1ccc1c3ccccc3n(-c3ccc4c(c3)C(c3ccccc3)(c3ccccc3)c3cc(-n5c6ccccc6c6ccc7c(c65)C(c5ccccc5)(c5ccccc5)c5ccccc5S7(=O)=O)ccc3-4)c21. The molecule has 0 saturated carbocycles. The summed E-state index contributed by atoms with van der Waals surface area (Å²) in [5, 5.41) is 4.08. The first-order valence-electron chi connectivity index (χ1n) is 32.3. The Hall–Kier alpha value is -11.4. The van der Waals surface area contributed by atoms with E-state index in [1.165, 1.54) is 0 Å². The molecule has 95 heavy (non-hydrogen) atoms. The molecule has 1 atom stereocenters. The van der Waals surface area contributed by atoms with Crippen molar-refractivity contribution >= 4 is 68.8 Å². The first kappa shape index (κ1) is 55.3. The molecule has 19 rings (SSSR count). The maximum Gasteiger partial charge on any atom is 0.207 e. The molecule has 4 heterocycles. The van der Waals surface area contributed by atoms with Gasteiger partial charge in [0.15, 0.2) is 0 Å². The summed E-state index contributed by atoms with van der Waals surface area (Å²) in [6.07, 6.45) is 0. The molecule has 2 aromatic heterocycles. The van der Waals surface area contributed by atoms with Crippen molar-refractivity contribution < 1.29 is 12.6 Å². The molecule has 1 unspecified atom stereocenters. The molecule has 7 heteroatoms. The van der Waals surface area contributed by atoms with Crippen LogP contribution < -0.4 is 0 Å². The zero-order valence-corrected chi connectivity index (χ0v) is 53.1. The van der Waals surface area contributed by atoms with Gasteiger partial charge >= 0.3 is 0 Å². The highest BCUT2D eigenvalue weighted by atomic mass is 32.2. The largest absolute Gasteiger partial charge is 0.309 e. The highest BCUT2D eigenvalue weighted by molar-refractivity contribution is 8.00. The van der Waals surface area contributed by atoms with Gasteiger partial charge in [0.25, 0.3) is 0 Å². The molecule has 0 radical (unpaired) electrons. The molecule has 0 spiro atoms. The van der Waals surface area contributed by atoms with Gasteiger partial charge in [-0.3, -0.25) is 4.21 Å². The lowest BCUT2D eigenvalue weighted by Crippen LogP contribution is -2.38. The number of rotatable bonds is 8. The molecule has 2 aliphatic heterocycles.